The SMILES string of the molecule is CC(=O)N1CCC[C@H](C(=O)NCCc2ccc(F)cc2)C1. The lowest BCUT2D eigenvalue weighted by atomic mass is 9.97. The van der Waals surface area contributed by atoms with Crippen molar-refractivity contribution >= 4 is 11.8 Å². The lowest BCUT2D eigenvalue weighted by Gasteiger charge is -2.31. The molecule has 0 spiro atoms. The number of hydrogen-bond donors (Lipinski definition) is 1. The predicted molar refractivity (Wildman–Crippen MR) is 78.1 cm³/mol. The number of benzene rings is 1. The molecule has 1 heterocycles. The third-order valence-corrected chi connectivity index (χ3v) is 3.86. The van der Waals surface area contributed by atoms with Crippen molar-refractivity contribution in [2.24, 2.45) is 5.92 Å². The molecule has 1 atom stereocenters. The van der Waals surface area contributed by atoms with Crippen molar-refractivity contribution in [2.75, 3.05) is 19.6 Å². The van der Waals surface area contributed by atoms with Crippen LogP contribution >= 0.6 is 0 Å². The van der Waals surface area contributed by atoms with E-state index in [2.05, 4.69) is 5.32 Å². The third-order valence-electron chi connectivity index (χ3n) is 3.86. The van der Waals surface area contributed by atoms with E-state index in [9.17, 15) is 14.0 Å². The summed E-state index contributed by atoms with van der Waals surface area (Å²) in [5.74, 6) is -0.341. The highest BCUT2D eigenvalue weighted by Gasteiger charge is 2.26. The number of rotatable bonds is 4. The number of nitrogens with one attached hydrogen (secondary N) is 1. The smallest absolute Gasteiger partial charge is 0.224 e. The van der Waals surface area contributed by atoms with Gasteiger partial charge in [0.2, 0.25) is 11.8 Å². The summed E-state index contributed by atoms with van der Waals surface area (Å²) in [4.78, 5) is 25.2. The molecule has 4 nitrogen and oxygen atoms in total. The van der Waals surface area contributed by atoms with Gasteiger partial charge in [0.05, 0.1) is 5.92 Å². The molecule has 1 fully saturated rings. The van der Waals surface area contributed by atoms with Crippen molar-refractivity contribution in [1.29, 1.82) is 0 Å². The standard InChI is InChI=1S/C16H21FN2O2/c1-12(20)19-10-2-3-14(11-19)16(21)18-9-8-13-4-6-15(17)7-5-13/h4-7,14H,2-3,8-11H2,1H3,(H,18,21)/t14-/m0/s1. The number of hydrogen-bond acceptors (Lipinski definition) is 2. The molecule has 114 valence electrons. The molecule has 0 bridgehead atoms. The third kappa shape index (κ3) is 4.55. The Morgan fingerprint density at radius 3 is 2.71 bits per heavy atom. The molecule has 1 aromatic carbocycles. The van der Waals surface area contributed by atoms with Crippen LogP contribution in [0.25, 0.3) is 0 Å². The Hall–Kier alpha value is -1.91. The summed E-state index contributed by atoms with van der Waals surface area (Å²) in [6.45, 7) is 3.32. The zero-order valence-corrected chi connectivity index (χ0v) is 12.3. The van der Waals surface area contributed by atoms with Gasteiger partial charge in [-0.15, -0.1) is 0 Å². The summed E-state index contributed by atoms with van der Waals surface area (Å²) >= 11 is 0. The van der Waals surface area contributed by atoms with E-state index in [1.54, 1.807) is 17.0 Å². The van der Waals surface area contributed by atoms with E-state index < -0.39 is 0 Å². The molecule has 1 aliphatic rings. The van der Waals surface area contributed by atoms with E-state index >= 15 is 0 Å². The number of amides is 2. The maximum atomic E-state index is 12.8. The van der Waals surface area contributed by atoms with Gasteiger partial charge in [0.15, 0.2) is 0 Å². The quantitative estimate of drug-likeness (QED) is 0.919. The van der Waals surface area contributed by atoms with Crippen LogP contribution in [0.1, 0.15) is 25.3 Å². The summed E-state index contributed by atoms with van der Waals surface area (Å²) in [6, 6.07) is 6.28. The van der Waals surface area contributed by atoms with Crippen molar-refractivity contribution in [1.82, 2.24) is 10.2 Å². The van der Waals surface area contributed by atoms with Gasteiger partial charge in [0, 0.05) is 26.6 Å². The largest absolute Gasteiger partial charge is 0.355 e. The number of halogens is 1. The summed E-state index contributed by atoms with van der Waals surface area (Å²) in [5, 5.41) is 2.90. The maximum absolute atomic E-state index is 12.8. The fraction of sp³-hybridized carbons (Fsp3) is 0.500. The van der Waals surface area contributed by atoms with Crippen LogP contribution in [0, 0.1) is 11.7 Å². The second-order valence-electron chi connectivity index (χ2n) is 5.47. The molecule has 0 aromatic heterocycles. The van der Waals surface area contributed by atoms with Gasteiger partial charge in [-0.3, -0.25) is 9.59 Å². The highest BCUT2D eigenvalue weighted by atomic mass is 19.1. The summed E-state index contributed by atoms with van der Waals surface area (Å²) in [7, 11) is 0. The molecule has 0 aliphatic carbocycles. The van der Waals surface area contributed by atoms with Crippen LogP contribution in [0.4, 0.5) is 4.39 Å². The van der Waals surface area contributed by atoms with Gasteiger partial charge in [0.1, 0.15) is 5.82 Å². The predicted octanol–water partition coefficient (Wildman–Crippen LogP) is 1.74. The van der Waals surface area contributed by atoms with E-state index in [0.717, 1.165) is 24.9 Å². The molecule has 0 unspecified atom stereocenters. The van der Waals surface area contributed by atoms with E-state index in [1.165, 1.54) is 19.1 Å². The van der Waals surface area contributed by atoms with Gasteiger partial charge >= 0.3 is 0 Å². The zero-order chi connectivity index (χ0) is 15.2. The summed E-state index contributed by atoms with van der Waals surface area (Å²) < 4.78 is 12.8. The van der Waals surface area contributed by atoms with Crippen molar-refractivity contribution in [3.63, 3.8) is 0 Å². The molecule has 0 radical (unpaired) electrons. The first-order chi connectivity index (χ1) is 10.1. The zero-order valence-electron chi connectivity index (χ0n) is 12.3. The molecule has 21 heavy (non-hydrogen) atoms. The van der Waals surface area contributed by atoms with Gasteiger partial charge in [-0.25, -0.2) is 4.39 Å². The van der Waals surface area contributed by atoms with Crippen molar-refractivity contribution < 1.29 is 14.0 Å². The lowest BCUT2D eigenvalue weighted by Crippen LogP contribution is -2.45. The highest BCUT2D eigenvalue weighted by molar-refractivity contribution is 5.80. The minimum absolute atomic E-state index is 0.00283. The number of nitrogens with zero attached hydrogens (tertiary/aromatic N) is 1. The number of carbonyl (C=O) groups excluding carboxylic acids is 2. The molecule has 5 heteroatoms. The molecular weight excluding hydrogens is 271 g/mol. The molecule has 2 rings (SSSR count). The Kier molecular flexibility index (Phi) is 5.31. The first-order valence-corrected chi connectivity index (χ1v) is 7.34. The molecule has 1 aliphatic heterocycles. The fourth-order valence-electron chi connectivity index (χ4n) is 2.60. The normalized spacial score (nSPS) is 18.4. The second-order valence-corrected chi connectivity index (χ2v) is 5.47. The topological polar surface area (TPSA) is 49.4 Å². The van der Waals surface area contributed by atoms with Crippen LogP contribution in [-0.4, -0.2) is 36.3 Å². The van der Waals surface area contributed by atoms with Gasteiger partial charge in [0.25, 0.3) is 0 Å². The minimum atomic E-state index is -0.255. The minimum Gasteiger partial charge on any atom is -0.355 e. The number of carbonyl (C=O) groups is 2. The summed E-state index contributed by atoms with van der Waals surface area (Å²) in [5.41, 5.74) is 0.991. The Morgan fingerprint density at radius 1 is 1.33 bits per heavy atom. The van der Waals surface area contributed by atoms with Crippen molar-refractivity contribution in [3.8, 4) is 0 Å². The molecule has 2 amide bonds. The average Bonchev–Trinajstić information content (AvgIpc) is 2.49. The summed E-state index contributed by atoms with van der Waals surface area (Å²) in [6.07, 6.45) is 2.37. The van der Waals surface area contributed by atoms with E-state index in [0.29, 0.717) is 19.5 Å². The molecule has 1 N–H and O–H groups in total. The average molecular weight is 292 g/mol. The van der Waals surface area contributed by atoms with Crippen LogP contribution in [0.5, 0.6) is 0 Å². The van der Waals surface area contributed by atoms with Crippen LogP contribution < -0.4 is 5.32 Å². The molecular formula is C16H21FN2O2. The molecule has 1 aromatic rings. The van der Waals surface area contributed by atoms with Crippen molar-refractivity contribution in [2.45, 2.75) is 26.2 Å². The Balaban J connectivity index is 1.76. The first-order valence-electron chi connectivity index (χ1n) is 7.34. The Labute approximate surface area is 124 Å². The molecule has 1 saturated heterocycles. The Morgan fingerprint density at radius 2 is 2.05 bits per heavy atom. The van der Waals surface area contributed by atoms with E-state index in [-0.39, 0.29) is 23.5 Å². The van der Waals surface area contributed by atoms with Crippen molar-refractivity contribution in [3.05, 3.63) is 35.6 Å². The van der Waals surface area contributed by atoms with Gasteiger partial charge in [-0.2, -0.15) is 0 Å². The van der Waals surface area contributed by atoms with Crippen LogP contribution in [0.2, 0.25) is 0 Å². The highest BCUT2D eigenvalue weighted by Crippen LogP contribution is 2.16. The fourth-order valence-corrected chi connectivity index (χ4v) is 2.60. The van der Waals surface area contributed by atoms with Crippen LogP contribution in [0.3, 0.4) is 0 Å². The van der Waals surface area contributed by atoms with Crippen LogP contribution in [0.15, 0.2) is 24.3 Å². The van der Waals surface area contributed by atoms with Gasteiger partial charge in [-0.1, -0.05) is 12.1 Å². The first kappa shape index (κ1) is 15.5. The lowest BCUT2D eigenvalue weighted by molar-refractivity contribution is -0.133. The monoisotopic (exact) mass is 292 g/mol. The second kappa shape index (κ2) is 7.20. The molecule has 0 saturated carbocycles. The number of piperidine rings is 1. The van der Waals surface area contributed by atoms with Gasteiger partial charge < -0.3 is 10.2 Å². The van der Waals surface area contributed by atoms with E-state index in [1.807, 2.05) is 0 Å². The van der Waals surface area contributed by atoms with E-state index in [4.69, 9.17) is 0 Å². The Bertz CT molecular complexity index is 502. The number of likely N-dealkylation sites (tertiary alicyclic amines) is 1. The van der Waals surface area contributed by atoms with Gasteiger partial charge in [-0.05, 0) is 37.0 Å². The van der Waals surface area contributed by atoms with Crippen LogP contribution in [-0.2, 0) is 16.0 Å². The maximum Gasteiger partial charge on any atom is 0.224 e.